The van der Waals surface area contributed by atoms with E-state index in [0.29, 0.717) is 12.0 Å². The number of hydrogen-bond donors (Lipinski definition) is 1. The predicted octanol–water partition coefficient (Wildman–Crippen LogP) is 4.39. The Morgan fingerprint density at radius 3 is 2.32 bits per heavy atom. The highest BCUT2D eigenvalue weighted by Gasteiger charge is 2.33. The molecule has 1 aliphatic heterocycles. The van der Waals surface area contributed by atoms with Crippen LogP contribution < -0.4 is 4.74 Å². The van der Waals surface area contributed by atoms with E-state index >= 15 is 0 Å². The zero-order valence-corrected chi connectivity index (χ0v) is 15.4. The second-order valence-electron chi connectivity index (χ2n) is 6.60. The molecule has 0 saturated carbocycles. The summed E-state index contributed by atoms with van der Waals surface area (Å²) < 4.78 is 5.24. The number of nitrogens with zero attached hydrogens (tertiary/aromatic N) is 2. The van der Waals surface area contributed by atoms with Crippen molar-refractivity contribution in [2.75, 3.05) is 7.11 Å². The molecule has 0 bridgehead atoms. The summed E-state index contributed by atoms with van der Waals surface area (Å²) in [5, 5.41) is 15.7. The molecule has 28 heavy (non-hydrogen) atoms. The fourth-order valence-electron chi connectivity index (χ4n) is 3.32. The maximum absolute atomic E-state index is 13.2. The molecule has 5 heteroatoms. The van der Waals surface area contributed by atoms with Crippen molar-refractivity contribution in [2.45, 2.75) is 12.5 Å². The van der Waals surface area contributed by atoms with Gasteiger partial charge in [-0.15, -0.1) is 0 Å². The average Bonchev–Trinajstić information content (AvgIpc) is 3.20. The second kappa shape index (κ2) is 7.56. The summed E-state index contributed by atoms with van der Waals surface area (Å²) in [7, 11) is 1.63. The van der Waals surface area contributed by atoms with Crippen molar-refractivity contribution in [3.05, 3.63) is 95.6 Å². The topological polar surface area (TPSA) is 62.1 Å². The molecule has 0 spiro atoms. The highest BCUT2D eigenvalue weighted by atomic mass is 16.5. The summed E-state index contributed by atoms with van der Waals surface area (Å²) in [6.07, 6.45) is 0.625. The number of methoxy groups -OCH3 is 1. The number of carbonyl (C=O) groups is 1. The molecule has 5 nitrogen and oxygen atoms in total. The quantitative estimate of drug-likeness (QED) is 0.739. The molecule has 1 amide bonds. The first kappa shape index (κ1) is 17.8. The van der Waals surface area contributed by atoms with Gasteiger partial charge in [-0.1, -0.05) is 42.5 Å². The Hall–Kier alpha value is -3.60. The van der Waals surface area contributed by atoms with Gasteiger partial charge >= 0.3 is 0 Å². The number of benzene rings is 3. The lowest BCUT2D eigenvalue weighted by molar-refractivity contribution is 0.0711. The molecular weight excluding hydrogens is 352 g/mol. The fraction of sp³-hybridized carbons (Fsp3) is 0.130. The number of hydrogen-bond acceptors (Lipinski definition) is 4. The number of rotatable bonds is 4. The van der Waals surface area contributed by atoms with Gasteiger partial charge in [-0.3, -0.25) is 4.79 Å². The first-order valence-corrected chi connectivity index (χ1v) is 9.05. The molecule has 0 fully saturated rings. The van der Waals surface area contributed by atoms with E-state index in [9.17, 15) is 9.90 Å². The molecule has 1 unspecified atom stereocenters. The molecule has 0 aliphatic carbocycles. The minimum atomic E-state index is -0.206. The van der Waals surface area contributed by atoms with Crippen molar-refractivity contribution >= 4 is 11.6 Å². The van der Waals surface area contributed by atoms with Crippen LogP contribution in [0.4, 0.5) is 0 Å². The van der Waals surface area contributed by atoms with E-state index in [1.165, 1.54) is 17.1 Å². The summed E-state index contributed by atoms with van der Waals surface area (Å²) in [6.45, 7) is 0. The van der Waals surface area contributed by atoms with Crippen LogP contribution in [0.15, 0.2) is 84.0 Å². The Morgan fingerprint density at radius 2 is 1.68 bits per heavy atom. The van der Waals surface area contributed by atoms with Gasteiger partial charge in [0.25, 0.3) is 5.91 Å². The van der Waals surface area contributed by atoms with Gasteiger partial charge in [-0.2, -0.15) is 5.10 Å². The number of ether oxygens (including phenoxy) is 1. The molecular formula is C23H20N2O3. The molecule has 1 aliphatic rings. The fourth-order valence-corrected chi connectivity index (χ4v) is 3.32. The second-order valence-corrected chi connectivity index (χ2v) is 6.60. The van der Waals surface area contributed by atoms with Gasteiger partial charge < -0.3 is 9.84 Å². The van der Waals surface area contributed by atoms with Crippen molar-refractivity contribution in [1.82, 2.24) is 5.01 Å². The summed E-state index contributed by atoms with van der Waals surface area (Å²) in [5.74, 6) is 0.687. The Bertz CT molecular complexity index is 996. The molecule has 3 aromatic rings. The molecule has 1 atom stereocenters. The Morgan fingerprint density at radius 1 is 1.00 bits per heavy atom. The number of amides is 1. The highest BCUT2D eigenvalue weighted by molar-refractivity contribution is 6.05. The Kier molecular flexibility index (Phi) is 4.81. The molecule has 0 aromatic heterocycles. The van der Waals surface area contributed by atoms with Gasteiger partial charge in [0, 0.05) is 12.0 Å². The van der Waals surface area contributed by atoms with Crippen LogP contribution in [0.1, 0.15) is 33.9 Å². The van der Waals surface area contributed by atoms with Gasteiger partial charge in [0.1, 0.15) is 11.5 Å². The minimum absolute atomic E-state index is 0.123. The third-order valence-electron chi connectivity index (χ3n) is 4.84. The van der Waals surface area contributed by atoms with E-state index in [0.717, 1.165) is 22.6 Å². The first-order chi connectivity index (χ1) is 13.7. The Balaban J connectivity index is 1.71. The lowest BCUT2D eigenvalue weighted by Gasteiger charge is -2.22. The number of carbonyl (C=O) groups excluding carboxylic acids is 1. The average molecular weight is 372 g/mol. The summed E-state index contributed by atoms with van der Waals surface area (Å²) in [4.78, 5) is 13.2. The van der Waals surface area contributed by atoms with E-state index in [2.05, 4.69) is 5.10 Å². The SMILES string of the molecule is COc1ccc(C2CC(c3ccccc3)=NN2C(=O)c2ccc(O)cc2)cc1. The van der Waals surface area contributed by atoms with Crippen LogP contribution in [-0.4, -0.2) is 28.8 Å². The van der Waals surface area contributed by atoms with Crippen molar-refractivity contribution in [1.29, 1.82) is 0 Å². The minimum Gasteiger partial charge on any atom is -0.508 e. The van der Waals surface area contributed by atoms with Crippen LogP contribution >= 0.6 is 0 Å². The molecule has 1 N–H and O–H groups in total. The predicted molar refractivity (Wildman–Crippen MR) is 108 cm³/mol. The lowest BCUT2D eigenvalue weighted by Crippen LogP contribution is -2.27. The van der Waals surface area contributed by atoms with Crippen molar-refractivity contribution in [3.63, 3.8) is 0 Å². The van der Waals surface area contributed by atoms with Crippen molar-refractivity contribution in [2.24, 2.45) is 5.10 Å². The molecule has 0 saturated heterocycles. The van der Waals surface area contributed by atoms with Gasteiger partial charge in [0.2, 0.25) is 0 Å². The zero-order valence-electron chi connectivity index (χ0n) is 15.4. The van der Waals surface area contributed by atoms with Crippen molar-refractivity contribution in [3.8, 4) is 11.5 Å². The van der Waals surface area contributed by atoms with Crippen LogP contribution in [0.5, 0.6) is 11.5 Å². The standard InChI is InChI=1S/C23H20N2O3/c1-28-20-13-9-17(10-14-20)22-15-21(16-5-3-2-4-6-16)24-25(22)23(27)18-7-11-19(26)12-8-18/h2-14,22,26H,15H2,1H3. The maximum Gasteiger partial charge on any atom is 0.274 e. The lowest BCUT2D eigenvalue weighted by atomic mass is 9.98. The maximum atomic E-state index is 13.2. The van der Waals surface area contributed by atoms with E-state index in [4.69, 9.17) is 4.74 Å². The van der Waals surface area contributed by atoms with Gasteiger partial charge in [0.05, 0.1) is 18.9 Å². The van der Waals surface area contributed by atoms with E-state index in [1.807, 2.05) is 54.6 Å². The van der Waals surface area contributed by atoms with E-state index < -0.39 is 0 Å². The highest BCUT2D eigenvalue weighted by Crippen LogP contribution is 2.34. The zero-order chi connectivity index (χ0) is 19.5. The van der Waals surface area contributed by atoms with Gasteiger partial charge in [-0.25, -0.2) is 5.01 Å². The normalized spacial score (nSPS) is 16.0. The van der Waals surface area contributed by atoms with Crippen LogP contribution in [0, 0.1) is 0 Å². The van der Waals surface area contributed by atoms with Gasteiger partial charge in [0.15, 0.2) is 0 Å². The number of aromatic hydroxyl groups is 1. The van der Waals surface area contributed by atoms with Crippen LogP contribution in [0.25, 0.3) is 0 Å². The van der Waals surface area contributed by atoms with E-state index in [-0.39, 0.29) is 17.7 Å². The molecule has 4 rings (SSSR count). The largest absolute Gasteiger partial charge is 0.508 e. The Labute approximate surface area is 163 Å². The molecule has 3 aromatic carbocycles. The number of phenols is 1. The van der Waals surface area contributed by atoms with Crippen LogP contribution in [0.2, 0.25) is 0 Å². The molecule has 140 valence electrons. The van der Waals surface area contributed by atoms with E-state index in [1.54, 1.807) is 19.2 Å². The first-order valence-electron chi connectivity index (χ1n) is 9.05. The third-order valence-corrected chi connectivity index (χ3v) is 4.84. The molecule has 0 radical (unpaired) electrons. The van der Waals surface area contributed by atoms with Crippen LogP contribution in [-0.2, 0) is 0 Å². The summed E-state index contributed by atoms with van der Waals surface area (Å²) >= 11 is 0. The summed E-state index contributed by atoms with van der Waals surface area (Å²) in [6, 6.07) is 23.6. The smallest absolute Gasteiger partial charge is 0.274 e. The van der Waals surface area contributed by atoms with Crippen molar-refractivity contribution < 1.29 is 14.6 Å². The monoisotopic (exact) mass is 372 g/mol. The number of phenolic OH excluding ortho intramolecular Hbond substituents is 1. The van der Waals surface area contributed by atoms with Crippen LogP contribution in [0.3, 0.4) is 0 Å². The number of hydrazone groups is 1. The third kappa shape index (κ3) is 3.47. The summed E-state index contributed by atoms with van der Waals surface area (Å²) in [5.41, 5.74) is 3.34. The van der Waals surface area contributed by atoms with Gasteiger partial charge in [-0.05, 0) is 47.5 Å². The molecule has 1 heterocycles.